The summed E-state index contributed by atoms with van der Waals surface area (Å²) in [6.07, 6.45) is 4.82. The lowest BCUT2D eigenvalue weighted by atomic mass is 10.1. The fourth-order valence-corrected chi connectivity index (χ4v) is 3.22. The Bertz CT molecular complexity index is 1210. The van der Waals surface area contributed by atoms with Crippen molar-refractivity contribution in [3.8, 4) is 5.82 Å². The summed E-state index contributed by atoms with van der Waals surface area (Å²) >= 11 is 0. The Morgan fingerprint density at radius 1 is 1.20 bits per heavy atom. The fourth-order valence-electron chi connectivity index (χ4n) is 3.22. The first kappa shape index (κ1) is 19.4. The van der Waals surface area contributed by atoms with Gasteiger partial charge in [-0.15, -0.1) is 4.80 Å². The van der Waals surface area contributed by atoms with Crippen LogP contribution in [0.3, 0.4) is 0 Å². The van der Waals surface area contributed by atoms with Crippen LogP contribution in [0.5, 0.6) is 0 Å². The Labute approximate surface area is 173 Å². The number of fused-ring (bicyclic) bond motifs is 1. The summed E-state index contributed by atoms with van der Waals surface area (Å²) in [4.78, 5) is 27.5. The van der Waals surface area contributed by atoms with Gasteiger partial charge in [0, 0.05) is 18.1 Å². The highest BCUT2D eigenvalue weighted by Gasteiger charge is 2.19. The van der Waals surface area contributed by atoms with Crippen LogP contribution in [0.15, 0.2) is 42.7 Å². The van der Waals surface area contributed by atoms with Gasteiger partial charge in [-0.05, 0) is 25.0 Å². The van der Waals surface area contributed by atoms with Gasteiger partial charge in [0.2, 0.25) is 0 Å². The van der Waals surface area contributed by atoms with E-state index in [9.17, 15) is 4.79 Å². The van der Waals surface area contributed by atoms with Gasteiger partial charge in [-0.25, -0.2) is 9.97 Å². The SMILES string of the molecule is CCCc1nc(C(=O)NCc2cccc3cccnc23)c(N)nc1-n1ncc(C)n1. The maximum atomic E-state index is 12.8. The standard InChI is InChI=1S/C21H22N8O/c1-3-6-16-20(29-25-11-13(2)28-29)27-19(22)18(26-16)21(30)24-12-15-8-4-7-14-9-5-10-23-17(14)15/h4-5,7-11H,3,6,12H2,1-2H3,(H2,22,27)(H,24,30). The molecule has 152 valence electrons. The number of pyridine rings is 1. The molecule has 0 aliphatic rings. The molecule has 9 heteroatoms. The fraction of sp³-hybridized carbons (Fsp3) is 0.238. The van der Waals surface area contributed by atoms with Gasteiger partial charge < -0.3 is 11.1 Å². The molecule has 0 atom stereocenters. The number of anilines is 1. The third-order valence-electron chi connectivity index (χ3n) is 4.63. The molecule has 0 radical (unpaired) electrons. The van der Waals surface area contributed by atoms with Gasteiger partial charge in [0.1, 0.15) is 0 Å². The number of aromatic nitrogens is 6. The van der Waals surface area contributed by atoms with E-state index in [1.54, 1.807) is 12.4 Å². The number of rotatable bonds is 6. The largest absolute Gasteiger partial charge is 0.382 e. The van der Waals surface area contributed by atoms with Crippen LogP contribution < -0.4 is 11.1 Å². The number of hydrogen-bond acceptors (Lipinski definition) is 7. The highest BCUT2D eigenvalue weighted by Crippen LogP contribution is 2.18. The molecule has 3 N–H and O–H groups in total. The Morgan fingerprint density at radius 2 is 2.03 bits per heavy atom. The predicted molar refractivity (Wildman–Crippen MR) is 113 cm³/mol. The Morgan fingerprint density at radius 3 is 2.80 bits per heavy atom. The summed E-state index contributed by atoms with van der Waals surface area (Å²) in [5, 5.41) is 12.4. The smallest absolute Gasteiger partial charge is 0.274 e. The minimum absolute atomic E-state index is 0.0355. The van der Waals surface area contributed by atoms with E-state index in [4.69, 9.17) is 5.73 Å². The summed E-state index contributed by atoms with van der Waals surface area (Å²) < 4.78 is 0. The van der Waals surface area contributed by atoms with Crippen molar-refractivity contribution >= 4 is 22.6 Å². The van der Waals surface area contributed by atoms with E-state index >= 15 is 0 Å². The zero-order valence-electron chi connectivity index (χ0n) is 16.8. The van der Waals surface area contributed by atoms with Crippen molar-refractivity contribution in [2.24, 2.45) is 0 Å². The molecular formula is C21H22N8O. The second kappa shape index (κ2) is 8.24. The quantitative estimate of drug-likeness (QED) is 0.507. The molecule has 1 aromatic carbocycles. The molecule has 0 fully saturated rings. The summed E-state index contributed by atoms with van der Waals surface area (Å²) in [5.41, 5.74) is 9.31. The van der Waals surface area contributed by atoms with Gasteiger partial charge in [-0.1, -0.05) is 37.6 Å². The van der Waals surface area contributed by atoms with Crippen LogP contribution in [-0.2, 0) is 13.0 Å². The minimum Gasteiger partial charge on any atom is -0.382 e. The third-order valence-corrected chi connectivity index (χ3v) is 4.63. The number of amides is 1. The van der Waals surface area contributed by atoms with Crippen molar-refractivity contribution in [2.75, 3.05) is 5.73 Å². The molecule has 3 aromatic heterocycles. The van der Waals surface area contributed by atoms with Crippen molar-refractivity contribution in [1.29, 1.82) is 0 Å². The minimum atomic E-state index is -0.388. The molecule has 0 aliphatic carbocycles. The van der Waals surface area contributed by atoms with Crippen molar-refractivity contribution in [3.63, 3.8) is 0 Å². The highest BCUT2D eigenvalue weighted by molar-refractivity contribution is 5.96. The average Bonchev–Trinajstić information content (AvgIpc) is 3.19. The number of carbonyl (C=O) groups excluding carboxylic acids is 1. The number of nitrogens with one attached hydrogen (secondary N) is 1. The van der Waals surface area contributed by atoms with Crippen LogP contribution in [0.2, 0.25) is 0 Å². The third kappa shape index (κ3) is 3.82. The summed E-state index contributed by atoms with van der Waals surface area (Å²) in [6.45, 7) is 4.17. The molecule has 30 heavy (non-hydrogen) atoms. The van der Waals surface area contributed by atoms with Crippen LogP contribution in [-0.4, -0.2) is 35.9 Å². The van der Waals surface area contributed by atoms with Crippen molar-refractivity contribution in [1.82, 2.24) is 35.3 Å². The normalized spacial score (nSPS) is 11.0. The van der Waals surface area contributed by atoms with Crippen LogP contribution in [0.4, 0.5) is 5.82 Å². The monoisotopic (exact) mass is 402 g/mol. The lowest BCUT2D eigenvalue weighted by molar-refractivity contribution is 0.0946. The number of hydrogen-bond donors (Lipinski definition) is 2. The van der Waals surface area contributed by atoms with Crippen LogP contribution >= 0.6 is 0 Å². The number of aryl methyl sites for hydroxylation is 2. The first-order valence-electron chi connectivity index (χ1n) is 9.73. The zero-order chi connectivity index (χ0) is 21.1. The van der Waals surface area contributed by atoms with E-state index < -0.39 is 0 Å². The van der Waals surface area contributed by atoms with Gasteiger partial charge in [0.15, 0.2) is 17.3 Å². The second-order valence-corrected chi connectivity index (χ2v) is 6.93. The van der Waals surface area contributed by atoms with Gasteiger partial charge in [0.05, 0.1) is 23.1 Å². The van der Waals surface area contributed by atoms with Gasteiger partial charge in [-0.2, -0.15) is 10.2 Å². The number of nitrogen functional groups attached to an aromatic ring is 1. The maximum absolute atomic E-state index is 12.8. The number of para-hydroxylation sites is 1. The number of nitrogens with zero attached hydrogens (tertiary/aromatic N) is 6. The molecule has 0 spiro atoms. The zero-order valence-corrected chi connectivity index (χ0v) is 16.8. The molecular weight excluding hydrogens is 380 g/mol. The van der Waals surface area contributed by atoms with E-state index in [-0.39, 0.29) is 17.4 Å². The van der Waals surface area contributed by atoms with E-state index in [1.807, 2.05) is 44.2 Å². The van der Waals surface area contributed by atoms with Crippen molar-refractivity contribution in [3.05, 3.63) is 65.4 Å². The Kier molecular flexibility index (Phi) is 5.34. The van der Waals surface area contributed by atoms with Gasteiger partial charge >= 0.3 is 0 Å². The molecule has 0 saturated carbocycles. The summed E-state index contributed by atoms with van der Waals surface area (Å²) in [7, 11) is 0. The van der Waals surface area contributed by atoms with E-state index in [2.05, 4.69) is 30.5 Å². The van der Waals surface area contributed by atoms with E-state index in [0.717, 1.165) is 28.6 Å². The second-order valence-electron chi connectivity index (χ2n) is 6.93. The van der Waals surface area contributed by atoms with Crippen LogP contribution in [0.1, 0.15) is 40.8 Å². The lowest BCUT2D eigenvalue weighted by Crippen LogP contribution is -2.27. The van der Waals surface area contributed by atoms with Crippen LogP contribution in [0, 0.1) is 6.92 Å². The Hall–Kier alpha value is -3.88. The number of benzene rings is 1. The Balaban J connectivity index is 1.61. The summed E-state index contributed by atoms with van der Waals surface area (Å²) in [6, 6.07) is 9.72. The van der Waals surface area contributed by atoms with E-state index in [1.165, 1.54) is 4.80 Å². The molecule has 4 aromatic rings. The predicted octanol–water partition coefficient (Wildman–Crippen LogP) is 2.38. The van der Waals surface area contributed by atoms with E-state index in [0.29, 0.717) is 24.5 Å². The van der Waals surface area contributed by atoms with Crippen molar-refractivity contribution < 1.29 is 4.79 Å². The molecule has 0 saturated heterocycles. The first-order valence-corrected chi connectivity index (χ1v) is 9.73. The van der Waals surface area contributed by atoms with Crippen LogP contribution in [0.25, 0.3) is 16.7 Å². The molecule has 4 rings (SSSR count). The lowest BCUT2D eigenvalue weighted by Gasteiger charge is -2.12. The molecule has 1 amide bonds. The topological polar surface area (TPSA) is 124 Å². The molecule has 0 aliphatic heterocycles. The van der Waals surface area contributed by atoms with Crippen molar-refractivity contribution in [2.45, 2.75) is 33.2 Å². The average molecular weight is 402 g/mol. The molecule has 0 bridgehead atoms. The maximum Gasteiger partial charge on any atom is 0.274 e. The van der Waals surface area contributed by atoms with Gasteiger partial charge in [-0.3, -0.25) is 9.78 Å². The molecule has 3 heterocycles. The summed E-state index contributed by atoms with van der Waals surface area (Å²) in [5.74, 6) is 0.0899. The first-order chi connectivity index (χ1) is 14.6. The number of nitrogens with two attached hydrogens (primary N) is 1. The molecule has 9 nitrogen and oxygen atoms in total. The number of carbonyl (C=O) groups is 1. The van der Waals surface area contributed by atoms with Gasteiger partial charge in [0.25, 0.3) is 5.91 Å². The highest BCUT2D eigenvalue weighted by atomic mass is 16.1. The molecule has 0 unspecified atom stereocenters.